The van der Waals surface area contributed by atoms with Gasteiger partial charge in [-0.3, -0.25) is 0 Å². The van der Waals surface area contributed by atoms with Crippen LogP contribution in [0.5, 0.6) is 0 Å². The Morgan fingerprint density at radius 1 is 0.391 bits per heavy atom. The Labute approximate surface area is 271 Å². The van der Waals surface area contributed by atoms with E-state index in [0.29, 0.717) is 0 Å². The Morgan fingerprint density at radius 2 is 0.978 bits per heavy atom. The topological polar surface area (TPSA) is 9.86 Å². The predicted octanol–water partition coefficient (Wildman–Crippen LogP) is 12.1. The Kier molecular flexibility index (Phi) is 6.31. The van der Waals surface area contributed by atoms with Crippen molar-refractivity contribution in [2.75, 3.05) is 0 Å². The van der Waals surface area contributed by atoms with Crippen LogP contribution in [0.3, 0.4) is 0 Å². The first-order valence-corrected chi connectivity index (χ1v) is 16.4. The van der Waals surface area contributed by atoms with Crippen LogP contribution >= 0.6 is 0 Å². The number of rotatable bonds is 3. The van der Waals surface area contributed by atoms with Crippen LogP contribution in [0.2, 0.25) is 0 Å². The van der Waals surface area contributed by atoms with E-state index in [1.807, 2.05) is 0 Å². The van der Waals surface area contributed by atoms with E-state index in [2.05, 4.69) is 184 Å². The summed E-state index contributed by atoms with van der Waals surface area (Å²) in [6.07, 6.45) is 0. The number of hydrogen-bond donors (Lipinski definition) is 0. The van der Waals surface area contributed by atoms with E-state index in [-0.39, 0.29) is 10.8 Å². The quantitative estimate of drug-likeness (QED) is 0.192. The van der Waals surface area contributed by atoms with Gasteiger partial charge in [0.15, 0.2) is 0 Å². The monoisotopic (exact) mass is 596 g/mol. The lowest BCUT2D eigenvalue weighted by atomic mass is 9.82. The highest BCUT2D eigenvalue weighted by atomic mass is 15.0. The Bertz CT molecular complexity index is 2410. The third kappa shape index (κ3) is 4.47. The minimum Gasteiger partial charge on any atom is -0.309 e. The van der Waals surface area contributed by atoms with Crippen LogP contribution < -0.4 is 0 Å². The van der Waals surface area contributed by atoms with Crippen molar-refractivity contribution in [3.63, 3.8) is 0 Å². The minimum absolute atomic E-state index is 0.0493. The molecule has 0 fully saturated rings. The normalized spacial score (nSPS) is 12.6. The molecule has 0 aliphatic rings. The maximum absolute atomic E-state index is 2.44. The highest BCUT2D eigenvalue weighted by molar-refractivity contribution is 6.13. The van der Waals surface area contributed by atoms with Crippen molar-refractivity contribution in [2.24, 2.45) is 0 Å². The summed E-state index contributed by atoms with van der Waals surface area (Å²) in [5.74, 6) is 0. The number of benzene rings is 6. The van der Waals surface area contributed by atoms with E-state index in [1.54, 1.807) is 0 Å². The summed E-state index contributed by atoms with van der Waals surface area (Å²) in [7, 11) is 0. The smallest absolute Gasteiger partial charge is 0.0550 e. The molecule has 2 nitrogen and oxygen atoms in total. The van der Waals surface area contributed by atoms with Crippen molar-refractivity contribution < 1.29 is 0 Å². The van der Waals surface area contributed by atoms with Crippen LogP contribution in [0.15, 0.2) is 133 Å². The van der Waals surface area contributed by atoms with Crippen LogP contribution in [0.25, 0.3) is 66.1 Å². The number of fused-ring (bicyclic) bond motifs is 6. The lowest BCUT2D eigenvalue weighted by Gasteiger charge is -2.22. The van der Waals surface area contributed by atoms with Gasteiger partial charge < -0.3 is 9.13 Å². The molecule has 0 saturated heterocycles. The first kappa shape index (κ1) is 28.4. The van der Waals surface area contributed by atoms with Crippen LogP contribution in [-0.4, -0.2) is 9.13 Å². The van der Waals surface area contributed by atoms with Crippen molar-refractivity contribution in [3.8, 4) is 22.5 Å². The third-order valence-corrected chi connectivity index (χ3v) is 9.58. The zero-order valence-corrected chi connectivity index (χ0v) is 27.6. The third-order valence-electron chi connectivity index (χ3n) is 9.58. The molecule has 2 aromatic heterocycles. The molecule has 0 N–H and O–H groups in total. The van der Waals surface area contributed by atoms with Gasteiger partial charge in [-0.1, -0.05) is 114 Å². The molecule has 8 aromatic rings. The summed E-state index contributed by atoms with van der Waals surface area (Å²) >= 11 is 0. The van der Waals surface area contributed by atoms with Crippen LogP contribution in [0, 0.1) is 0 Å². The lowest BCUT2D eigenvalue weighted by molar-refractivity contribution is 0.591. The zero-order chi connectivity index (χ0) is 31.8. The van der Waals surface area contributed by atoms with Gasteiger partial charge in [0.2, 0.25) is 0 Å². The molecule has 0 unspecified atom stereocenters. The summed E-state index contributed by atoms with van der Waals surface area (Å²) in [6, 6.07) is 49.3. The number of nitrogens with zero attached hydrogens (tertiary/aromatic N) is 2. The highest BCUT2D eigenvalue weighted by Crippen LogP contribution is 2.43. The fourth-order valence-electron chi connectivity index (χ4n) is 7.23. The van der Waals surface area contributed by atoms with E-state index in [9.17, 15) is 0 Å². The molecule has 0 bridgehead atoms. The molecule has 0 atom stereocenters. The van der Waals surface area contributed by atoms with Gasteiger partial charge >= 0.3 is 0 Å². The maximum atomic E-state index is 2.44. The van der Waals surface area contributed by atoms with Crippen molar-refractivity contribution in [3.05, 3.63) is 145 Å². The second-order valence-electron chi connectivity index (χ2n) is 14.7. The van der Waals surface area contributed by atoms with E-state index < -0.39 is 0 Å². The fourth-order valence-corrected chi connectivity index (χ4v) is 7.23. The molecule has 46 heavy (non-hydrogen) atoms. The minimum atomic E-state index is -0.0493. The number of hydrogen-bond acceptors (Lipinski definition) is 0. The predicted molar refractivity (Wildman–Crippen MR) is 198 cm³/mol. The molecule has 226 valence electrons. The highest BCUT2D eigenvalue weighted by Gasteiger charge is 2.24. The second-order valence-corrected chi connectivity index (χ2v) is 14.7. The molecule has 2 heteroatoms. The first-order valence-electron chi connectivity index (χ1n) is 16.4. The standard InChI is InChI=1S/C44H40N2/c1-43(2,3)31-22-24-39-36(28-31)34-23-21-29(26-40(34)45(39)32-15-9-7-10-16-32)30-25-37(44(4,5)6)42-35-19-13-14-20-38(35)46(41(42)27-30)33-17-11-8-12-18-33/h7-28H,1-6H3. The van der Waals surface area contributed by atoms with Gasteiger partial charge in [0, 0.05) is 32.9 Å². The van der Waals surface area contributed by atoms with E-state index >= 15 is 0 Å². The van der Waals surface area contributed by atoms with Crippen LogP contribution in [0.4, 0.5) is 0 Å². The van der Waals surface area contributed by atoms with Crippen molar-refractivity contribution in [2.45, 2.75) is 52.4 Å². The fraction of sp³-hybridized carbons (Fsp3) is 0.182. The molecular weight excluding hydrogens is 556 g/mol. The van der Waals surface area contributed by atoms with Crippen molar-refractivity contribution >= 4 is 43.6 Å². The largest absolute Gasteiger partial charge is 0.309 e. The van der Waals surface area contributed by atoms with Gasteiger partial charge in [-0.15, -0.1) is 0 Å². The average molecular weight is 597 g/mol. The van der Waals surface area contributed by atoms with E-state index in [1.165, 1.54) is 77.2 Å². The Balaban J connectivity index is 1.45. The summed E-state index contributed by atoms with van der Waals surface area (Å²) in [5.41, 5.74) is 12.5. The average Bonchev–Trinajstić information content (AvgIpc) is 3.56. The molecule has 2 heterocycles. The zero-order valence-electron chi connectivity index (χ0n) is 27.6. The van der Waals surface area contributed by atoms with Gasteiger partial charge in [-0.05, 0) is 93.7 Å². The summed E-state index contributed by atoms with van der Waals surface area (Å²) < 4.78 is 4.88. The molecule has 0 aliphatic heterocycles. The van der Waals surface area contributed by atoms with Gasteiger partial charge in [-0.2, -0.15) is 0 Å². The Morgan fingerprint density at radius 3 is 1.63 bits per heavy atom. The molecule has 0 spiro atoms. The van der Waals surface area contributed by atoms with Gasteiger partial charge in [-0.25, -0.2) is 0 Å². The van der Waals surface area contributed by atoms with Crippen LogP contribution in [0.1, 0.15) is 52.7 Å². The summed E-state index contributed by atoms with van der Waals surface area (Å²) in [6.45, 7) is 13.9. The molecule has 0 aliphatic carbocycles. The Hall–Kier alpha value is -5.08. The van der Waals surface area contributed by atoms with Crippen molar-refractivity contribution in [1.29, 1.82) is 0 Å². The SMILES string of the molecule is CC(C)(C)c1ccc2c(c1)c1ccc(-c3cc(C(C)(C)C)c4c5ccccc5n(-c5ccccc5)c4c3)cc1n2-c1ccccc1. The molecule has 6 aromatic carbocycles. The summed E-state index contributed by atoms with van der Waals surface area (Å²) in [4.78, 5) is 0. The first-order chi connectivity index (χ1) is 22.1. The second kappa shape index (κ2) is 10.2. The van der Waals surface area contributed by atoms with Crippen LogP contribution in [-0.2, 0) is 10.8 Å². The summed E-state index contributed by atoms with van der Waals surface area (Å²) in [5, 5.41) is 5.22. The van der Waals surface area contributed by atoms with E-state index in [0.717, 1.165) is 0 Å². The van der Waals surface area contributed by atoms with Gasteiger partial charge in [0.05, 0.1) is 22.1 Å². The maximum Gasteiger partial charge on any atom is 0.0550 e. The number of aromatic nitrogens is 2. The molecule has 0 radical (unpaired) electrons. The molecule has 8 rings (SSSR count). The molecule has 0 saturated carbocycles. The molecular formula is C44H40N2. The van der Waals surface area contributed by atoms with Gasteiger partial charge in [0.1, 0.15) is 0 Å². The molecule has 0 amide bonds. The number of para-hydroxylation sites is 3. The van der Waals surface area contributed by atoms with Crippen molar-refractivity contribution in [1.82, 2.24) is 9.13 Å². The van der Waals surface area contributed by atoms with E-state index in [4.69, 9.17) is 0 Å². The lowest BCUT2D eigenvalue weighted by Crippen LogP contribution is -2.12. The van der Waals surface area contributed by atoms with Gasteiger partial charge in [0.25, 0.3) is 0 Å².